The van der Waals surface area contributed by atoms with E-state index in [1.54, 1.807) is 6.08 Å². The van der Waals surface area contributed by atoms with Gasteiger partial charge >= 0.3 is 0 Å². The molecule has 1 saturated heterocycles. The molecular weight excluding hydrogens is 200 g/mol. The molecule has 0 saturated carbocycles. The van der Waals surface area contributed by atoms with Crippen molar-refractivity contribution in [2.45, 2.75) is 13.0 Å². The minimum absolute atomic E-state index is 0.302. The Hall–Kier alpha value is -1.26. The lowest BCUT2D eigenvalue weighted by Crippen LogP contribution is -2.48. The van der Waals surface area contributed by atoms with Crippen LogP contribution >= 0.6 is 0 Å². The molecule has 16 heavy (non-hydrogen) atoms. The van der Waals surface area contributed by atoms with Crippen LogP contribution in [-0.4, -0.2) is 48.5 Å². The molecular formula is C12H18N4. The first-order chi connectivity index (χ1) is 7.68. The van der Waals surface area contributed by atoms with Gasteiger partial charge in [-0.3, -0.25) is 15.7 Å². The maximum atomic E-state index is 7.65. The molecule has 0 bridgehead atoms. The van der Waals surface area contributed by atoms with Crippen LogP contribution in [0.2, 0.25) is 0 Å². The zero-order chi connectivity index (χ0) is 11.5. The van der Waals surface area contributed by atoms with Crippen molar-refractivity contribution in [3.8, 4) is 0 Å². The summed E-state index contributed by atoms with van der Waals surface area (Å²) >= 11 is 0. The van der Waals surface area contributed by atoms with Gasteiger partial charge in [0.25, 0.3) is 0 Å². The molecule has 0 spiro atoms. The van der Waals surface area contributed by atoms with E-state index in [1.165, 1.54) is 0 Å². The first-order valence-electron chi connectivity index (χ1n) is 5.70. The fourth-order valence-corrected chi connectivity index (χ4v) is 2.10. The van der Waals surface area contributed by atoms with Crippen molar-refractivity contribution in [1.29, 1.82) is 10.8 Å². The standard InChI is InChI=1S/C12H18N4/c1-9(16-6-4-15-5-7-16)10-2-3-11(13)12(14)8-10/h2-3,8-9,13-15H,4-7H2,1H3. The van der Waals surface area contributed by atoms with Crippen molar-refractivity contribution in [2.24, 2.45) is 0 Å². The van der Waals surface area contributed by atoms with Gasteiger partial charge in [0.05, 0.1) is 11.4 Å². The summed E-state index contributed by atoms with van der Waals surface area (Å²) in [6.45, 7) is 6.35. The molecule has 0 aromatic rings. The number of piperazine rings is 1. The van der Waals surface area contributed by atoms with E-state index < -0.39 is 0 Å². The van der Waals surface area contributed by atoms with E-state index in [0.717, 1.165) is 31.8 Å². The molecule has 1 heterocycles. The Morgan fingerprint density at radius 3 is 2.50 bits per heavy atom. The molecule has 1 atom stereocenters. The molecule has 1 unspecified atom stereocenters. The number of hydrogen-bond donors (Lipinski definition) is 3. The number of nitrogens with zero attached hydrogens (tertiary/aromatic N) is 1. The van der Waals surface area contributed by atoms with Crippen molar-refractivity contribution in [3.63, 3.8) is 0 Å². The molecule has 86 valence electrons. The Labute approximate surface area is 96.0 Å². The maximum Gasteiger partial charge on any atom is 0.0792 e. The third-order valence-electron chi connectivity index (χ3n) is 3.23. The van der Waals surface area contributed by atoms with Gasteiger partial charge < -0.3 is 5.32 Å². The smallest absolute Gasteiger partial charge is 0.0792 e. The molecule has 0 radical (unpaired) electrons. The Kier molecular flexibility index (Phi) is 3.31. The highest BCUT2D eigenvalue weighted by atomic mass is 15.2. The molecule has 2 aliphatic rings. The average molecular weight is 218 g/mol. The second kappa shape index (κ2) is 4.72. The van der Waals surface area contributed by atoms with E-state index in [2.05, 4.69) is 17.1 Å². The minimum Gasteiger partial charge on any atom is -0.314 e. The van der Waals surface area contributed by atoms with E-state index in [4.69, 9.17) is 10.8 Å². The van der Waals surface area contributed by atoms with E-state index in [9.17, 15) is 0 Å². The Morgan fingerprint density at radius 1 is 1.19 bits per heavy atom. The number of rotatable bonds is 2. The predicted octanol–water partition coefficient (Wildman–Crippen LogP) is 0.816. The predicted molar refractivity (Wildman–Crippen MR) is 66.6 cm³/mol. The van der Waals surface area contributed by atoms with E-state index in [-0.39, 0.29) is 0 Å². The average Bonchev–Trinajstić information content (AvgIpc) is 2.33. The van der Waals surface area contributed by atoms with Crippen LogP contribution in [0.15, 0.2) is 23.8 Å². The van der Waals surface area contributed by atoms with Gasteiger partial charge in [0.1, 0.15) is 0 Å². The van der Waals surface area contributed by atoms with Gasteiger partial charge in [-0.05, 0) is 24.6 Å². The topological polar surface area (TPSA) is 63.0 Å². The summed E-state index contributed by atoms with van der Waals surface area (Å²) in [4.78, 5) is 2.41. The van der Waals surface area contributed by atoms with Gasteiger partial charge in [0.15, 0.2) is 0 Å². The third kappa shape index (κ3) is 2.28. The molecule has 0 aromatic heterocycles. The molecule has 2 rings (SSSR count). The fraction of sp³-hybridized carbons (Fsp3) is 0.500. The lowest BCUT2D eigenvalue weighted by molar-refractivity contribution is 0.207. The largest absolute Gasteiger partial charge is 0.314 e. The molecule has 0 amide bonds. The van der Waals surface area contributed by atoms with Gasteiger partial charge in [-0.1, -0.05) is 6.08 Å². The van der Waals surface area contributed by atoms with Crippen molar-refractivity contribution < 1.29 is 0 Å². The summed E-state index contributed by atoms with van der Waals surface area (Å²) in [5, 5.41) is 18.5. The molecule has 1 aliphatic heterocycles. The Morgan fingerprint density at radius 2 is 1.88 bits per heavy atom. The molecule has 3 N–H and O–H groups in total. The van der Waals surface area contributed by atoms with Crippen LogP contribution in [0.5, 0.6) is 0 Å². The summed E-state index contributed by atoms with van der Waals surface area (Å²) < 4.78 is 0. The van der Waals surface area contributed by atoms with E-state index in [1.807, 2.05) is 12.2 Å². The summed E-state index contributed by atoms with van der Waals surface area (Å²) in [6, 6.07) is 0.340. The van der Waals surface area contributed by atoms with Gasteiger partial charge in [0.2, 0.25) is 0 Å². The van der Waals surface area contributed by atoms with E-state index >= 15 is 0 Å². The highest BCUT2D eigenvalue weighted by Crippen LogP contribution is 2.15. The summed E-state index contributed by atoms with van der Waals surface area (Å²) in [5.41, 5.74) is 1.76. The fourth-order valence-electron chi connectivity index (χ4n) is 2.10. The van der Waals surface area contributed by atoms with Crippen LogP contribution < -0.4 is 5.32 Å². The van der Waals surface area contributed by atoms with Crippen LogP contribution in [0.3, 0.4) is 0 Å². The SMILES string of the molecule is CC(C1=CC(=N)C(=N)C=C1)N1CCNCC1. The number of allylic oxidation sites excluding steroid dienone is 2. The highest BCUT2D eigenvalue weighted by Gasteiger charge is 2.20. The quantitative estimate of drug-likeness (QED) is 0.601. The van der Waals surface area contributed by atoms with Gasteiger partial charge in [-0.15, -0.1) is 0 Å². The molecule has 4 nitrogen and oxygen atoms in total. The highest BCUT2D eigenvalue weighted by molar-refractivity contribution is 6.49. The van der Waals surface area contributed by atoms with Gasteiger partial charge in [-0.2, -0.15) is 0 Å². The second-order valence-electron chi connectivity index (χ2n) is 4.27. The van der Waals surface area contributed by atoms with Crippen molar-refractivity contribution in [2.75, 3.05) is 26.2 Å². The van der Waals surface area contributed by atoms with Crippen LogP contribution in [0, 0.1) is 10.8 Å². The Bertz CT molecular complexity index is 361. The first kappa shape index (κ1) is 11.2. The van der Waals surface area contributed by atoms with Gasteiger partial charge in [0, 0.05) is 32.2 Å². The van der Waals surface area contributed by atoms with Crippen molar-refractivity contribution in [1.82, 2.24) is 10.2 Å². The summed E-state index contributed by atoms with van der Waals surface area (Å²) in [5.74, 6) is 0. The first-order valence-corrected chi connectivity index (χ1v) is 5.70. The van der Waals surface area contributed by atoms with Gasteiger partial charge in [-0.25, -0.2) is 0 Å². The van der Waals surface area contributed by atoms with Crippen LogP contribution in [0.25, 0.3) is 0 Å². The third-order valence-corrected chi connectivity index (χ3v) is 3.23. The van der Waals surface area contributed by atoms with Crippen LogP contribution in [0.1, 0.15) is 6.92 Å². The van der Waals surface area contributed by atoms with E-state index in [0.29, 0.717) is 17.5 Å². The number of nitrogens with one attached hydrogen (secondary N) is 3. The molecule has 0 aromatic carbocycles. The van der Waals surface area contributed by atoms with Crippen LogP contribution in [0.4, 0.5) is 0 Å². The Balaban J connectivity index is 2.07. The minimum atomic E-state index is 0.302. The monoisotopic (exact) mass is 218 g/mol. The summed E-state index contributed by atoms with van der Waals surface area (Å²) in [7, 11) is 0. The summed E-state index contributed by atoms with van der Waals surface area (Å²) in [6.07, 6.45) is 5.50. The maximum absolute atomic E-state index is 7.65. The normalized spacial score (nSPS) is 24.4. The molecule has 4 heteroatoms. The second-order valence-corrected chi connectivity index (χ2v) is 4.27. The van der Waals surface area contributed by atoms with Crippen LogP contribution in [-0.2, 0) is 0 Å². The lowest BCUT2D eigenvalue weighted by Gasteiger charge is -2.34. The number of hydrogen-bond acceptors (Lipinski definition) is 4. The van der Waals surface area contributed by atoms with Crippen molar-refractivity contribution in [3.05, 3.63) is 23.8 Å². The molecule has 1 fully saturated rings. The van der Waals surface area contributed by atoms with Crippen molar-refractivity contribution >= 4 is 11.4 Å². The zero-order valence-corrected chi connectivity index (χ0v) is 9.59. The molecule has 1 aliphatic carbocycles. The lowest BCUT2D eigenvalue weighted by atomic mass is 9.97. The zero-order valence-electron chi connectivity index (χ0n) is 9.59.